The van der Waals surface area contributed by atoms with Crippen LogP contribution >= 0.6 is 0 Å². The molecule has 0 amide bonds. The second-order valence-corrected chi connectivity index (χ2v) is 8.47. The van der Waals surface area contributed by atoms with E-state index >= 15 is 0 Å². The van der Waals surface area contributed by atoms with E-state index in [-0.39, 0.29) is 17.0 Å². The van der Waals surface area contributed by atoms with Crippen LogP contribution in [0.1, 0.15) is 34.5 Å². The number of nitrogens with zero attached hydrogens (tertiary/aromatic N) is 2. The van der Waals surface area contributed by atoms with E-state index < -0.39 is 5.97 Å². The smallest absolute Gasteiger partial charge is 0.337 e. The number of carboxylic acid groups (broad SMARTS) is 1. The summed E-state index contributed by atoms with van der Waals surface area (Å²) in [7, 11) is 1.85. The molecular formula is C27H23N3O4. The zero-order valence-electron chi connectivity index (χ0n) is 19.0. The van der Waals surface area contributed by atoms with E-state index in [0.717, 1.165) is 27.6 Å². The van der Waals surface area contributed by atoms with Crippen molar-refractivity contribution >= 4 is 33.5 Å². The number of carbonyl (C=O) groups is 1. The predicted octanol–water partition coefficient (Wildman–Crippen LogP) is 5.53. The van der Waals surface area contributed by atoms with Crippen LogP contribution in [-0.4, -0.2) is 20.9 Å². The van der Waals surface area contributed by atoms with Gasteiger partial charge < -0.3 is 14.8 Å². The molecule has 0 saturated heterocycles. The molecule has 34 heavy (non-hydrogen) atoms. The second-order valence-electron chi connectivity index (χ2n) is 8.47. The van der Waals surface area contributed by atoms with E-state index in [1.54, 1.807) is 28.9 Å². The van der Waals surface area contributed by atoms with Gasteiger partial charge in [-0.2, -0.15) is 5.10 Å². The van der Waals surface area contributed by atoms with Crippen molar-refractivity contribution in [1.29, 1.82) is 0 Å². The van der Waals surface area contributed by atoms with Crippen molar-refractivity contribution in [3.63, 3.8) is 0 Å². The van der Waals surface area contributed by atoms with Gasteiger partial charge in [0.25, 0.3) is 0 Å². The highest BCUT2D eigenvalue weighted by Gasteiger charge is 2.19. The van der Waals surface area contributed by atoms with Crippen LogP contribution in [0.25, 0.3) is 33.2 Å². The van der Waals surface area contributed by atoms with E-state index in [1.807, 2.05) is 57.4 Å². The molecule has 2 heterocycles. The van der Waals surface area contributed by atoms with Crippen LogP contribution < -0.4 is 10.7 Å². The monoisotopic (exact) mass is 453 g/mol. The molecule has 0 spiro atoms. The molecule has 5 aromatic rings. The van der Waals surface area contributed by atoms with Crippen LogP contribution in [0.4, 0.5) is 5.69 Å². The fourth-order valence-corrected chi connectivity index (χ4v) is 4.36. The number of aryl methyl sites for hydroxylation is 2. The maximum absolute atomic E-state index is 13.2. The molecule has 0 aliphatic heterocycles. The van der Waals surface area contributed by atoms with E-state index in [2.05, 4.69) is 10.4 Å². The Morgan fingerprint density at radius 1 is 1.12 bits per heavy atom. The van der Waals surface area contributed by atoms with Gasteiger partial charge in [0.15, 0.2) is 5.43 Å². The molecule has 1 unspecified atom stereocenters. The number of fused-ring (bicyclic) bond motifs is 2. The lowest BCUT2D eigenvalue weighted by molar-refractivity contribution is 0.0698. The minimum Gasteiger partial charge on any atom is -0.478 e. The van der Waals surface area contributed by atoms with E-state index in [4.69, 9.17) is 4.42 Å². The average molecular weight is 453 g/mol. The Morgan fingerprint density at radius 2 is 1.91 bits per heavy atom. The zero-order valence-corrected chi connectivity index (χ0v) is 19.0. The Labute approximate surface area is 195 Å². The summed E-state index contributed by atoms with van der Waals surface area (Å²) >= 11 is 0. The van der Waals surface area contributed by atoms with Crippen LogP contribution in [0, 0.1) is 6.92 Å². The first-order valence-electron chi connectivity index (χ1n) is 10.9. The van der Waals surface area contributed by atoms with Gasteiger partial charge in [0, 0.05) is 41.5 Å². The van der Waals surface area contributed by atoms with Crippen LogP contribution in [0.3, 0.4) is 0 Å². The fraction of sp³-hybridized carbons (Fsp3) is 0.148. The average Bonchev–Trinajstić information content (AvgIpc) is 3.19. The molecule has 0 fully saturated rings. The molecule has 2 aromatic heterocycles. The molecule has 1 atom stereocenters. The number of carboxylic acids is 1. The van der Waals surface area contributed by atoms with Crippen molar-refractivity contribution < 1.29 is 14.3 Å². The Kier molecular flexibility index (Phi) is 5.17. The van der Waals surface area contributed by atoms with Crippen LogP contribution in [0.5, 0.6) is 0 Å². The van der Waals surface area contributed by atoms with Crippen LogP contribution in [0.15, 0.2) is 76.1 Å². The zero-order chi connectivity index (χ0) is 24.0. The lowest BCUT2D eigenvalue weighted by Gasteiger charge is -2.19. The van der Waals surface area contributed by atoms with E-state index in [0.29, 0.717) is 22.4 Å². The van der Waals surface area contributed by atoms with Gasteiger partial charge in [-0.05, 0) is 43.7 Å². The topological polar surface area (TPSA) is 97.4 Å². The second kappa shape index (κ2) is 8.19. The van der Waals surface area contributed by atoms with Gasteiger partial charge in [-0.15, -0.1) is 0 Å². The minimum atomic E-state index is -1.01. The molecule has 3 aromatic carbocycles. The molecule has 5 rings (SSSR count). The molecule has 170 valence electrons. The summed E-state index contributed by atoms with van der Waals surface area (Å²) in [5.74, 6) is -0.577. The Hall–Kier alpha value is -4.39. The molecule has 0 aliphatic rings. The van der Waals surface area contributed by atoms with Gasteiger partial charge in [-0.25, -0.2) is 4.79 Å². The number of hydrogen-bond acceptors (Lipinski definition) is 5. The third kappa shape index (κ3) is 3.71. The van der Waals surface area contributed by atoms with Gasteiger partial charge in [0.2, 0.25) is 0 Å². The highest BCUT2D eigenvalue weighted by Crippen LogP contribution is 2.33. The summed E-state index contributed by atoms with van der Waals surface area (Å²) in [6, 6.07) is 17.5. The van der Waals surface area contributed by atoms with E-state index in [9.17, 15) is 14.7 Å². The first kappa shape index (κ1) is 21.5. The van der Waals surface area contributed by atoms with Gasteiger partial charge in [-0.3, -0.25) is 9.48 Å². The first-order valence-corrected chi connectivity index (χ1v) is 10.9. The highest BCUT2D eigenvalue weighted by atomic mass is 16.4. The maximum Gasteiger partial charge on any atom is 0.337 e. The number of anilines is 1. The Bertz CT molecular complexity index is 1630. The van der Waals surface area contributed by atoms with Crippen LogP contribution in [0.2, 0.25) is 0 Å². The van der Waals surface area contributed by atoms with Gasteiger partial charge >= 0.3 is 5.97 Å². The molecule has 7 heteroatoms. The summed E-state index contributed by atoms with van der Waals surface area (Å²) in [5.41, 5.74) is 4.16. The van der Waals surface area contributed by atoms with Crippen molar-refractivity contribution in [2.75, 3.05) is 5.32 Å². The molecule has 0 bridgehead atoms. The lowest BCUT2D eigenvalue weighted by atomic mass is 10.00. The fourth-order valence-electron chi connectivity index (χ4n) is 4.36. The molecule has 0 saturated carbocycles. The largest absolute Gasteiger partial charge is 0.478 e. The van der Waals surface area contributed by atoms with E-state index in [1.165, 1.54) is 6.07 Å². The molecular weight excluding hydrogens is 430 g/mol. The number of nitrogens with one attached hydrogen (secondary N) is 1. The highest BCUT2D eigenvalue weighted by molar-refractivity contribution is 5.95. The predicted molar refractivity (Wildman–Crippen MR) is 132 cm³/mol. The maximum atomic E-state index is 13.2. The minimum absolute atomic E-state index is 0.146. The standard InChI is InChI=1S/C27H23N3O4/c1-15-11-20(16(2)28-22-10-5-4-8-18(22)27(32)33)26-21(12-15)23(31)13-24(34-26)19-9-6-7-17-14-30(3)29-25(17)19/h4-14,16,28H,1-3H3,(H,32,33). The SMILES string of the molecule is Cc1cc(C(C)Nc2ccccc2C(=O)O)c2oc(-c3cccc4cn(C)nc34)cc(=O)c2c1. The third-order valence-corrected chi connectivity index (χ3v) is 5.91. The number of para-hydroxylation sites is 1. The van der Waals surface area contributed by atoms with Gasteiger partial charge in [-0.1, -0.05) is 30.3 Å². The quantitative estimate of drug-likeness (QED) is 0.363. The number of benzene rings is 3. The summed E-state index contributed by atoms with van der Waals surface area (Å²) in [6.07, 6.45) is 1.92. The number of rotatable bonds is 5. The molecule has 7 nitrogen and oxygen atoms in total. The lowest BCUT2D eigenvalue weighted by Crippen LogP contribution is -2.12. The van der Waals surface area contributed by atoms with Crippen molar-refractivity contribution in [2.45, 2.75) is 19.9 Å². The molecule has 2 N–H and O–H groups in total. The third-order valence-electron chi connectivity index (χ3n) is 5.91. The summed E-state index contributed by atoms with van der Waals surface area (Å²) < 4.78 is 8.09. The summed E-state index contributed by atoms with van der Waals surface area (Å²) in [6.45, 7) is 3.84. The van der Waals surface area contributed by atoms with Crippen LogP contribution in [-0.2, 0) is 7.05 Å². The number of aromatic nitrogens is 2. The Morgan fingerprint density at radius 3 is 2.71 bits per heavy atom. The van der Waals surface area contributed by atoms with Gasteiger partial charge in [0.05, 0.1) is 17.0 Å². The number of aromatic carboxylic acids is 1. The molecule has 0 aliphatic carbocycles. The Balaban J connectivity index is 1.68. The van der Waals surface area contributed by atoms with Crippen molar-refractivity contribution in [1.82, 2.24) is 9.78 Å². The van der Waals surface area contributed by atoms with Crippen molar-refractivity contribution in [2.24, 2.45) is 7.05 Å². The number of hydrogen-bond donors (Lipinski definition) is 2. The van der Waals surface area contributed by atoms with Crippen molar-refractivity contribution in [3.8, 4) is 11.3 Å². The summed E-state index contributed by atoms with van der Waals surface area (Å²) in [4.78, 5) is 24.8. The summed E-state index contributed by atoms with van der Waals surface area (Å²) in [5, 5.41) is 18.8. The van der Waals surface area contributed by atoms with Crippen molar-refractivity contribution in [3.05, 3.63) is 93.8 Å². The molecule has 0 radical (unpaired) electrons. The normalized spacial score (nSPS) is 12.2. The van der Waals surface area contributed by atoms with Gasteiger partial charge in [0.1, 0.15) is 16.9 Å². The first-order chi connectivity index (χ1) is 16.3.